The van der Waals surface area contributed by atoms with E-state index in [4.69, 9.17) is 25.8 Å². The van der Waals surface area contributed by atoms with E-state index in [1.807, 2.05) is 37.4 Å². The van der Waals surface area contributed by atoms with E-state index in [-0.39, 0.29) is 11.7 Å². The third-order valence-electron chi connectivity index (χ3n) is 5.85. The molecule has 0 saturated heterocycles. The van der Waals surface area contributed by atoms with Crippen LogP contribution in [0.2, 0.25) is 5.02 Å². The Balaban J connectivity index is 1.92. The van der Waals surface area contributed by atoms with Gasteiger partial charge in [-0.25, -0.2) is 9.79 Å². The van der Waals surface area contributed by atoms with E-state index in [0.717, 1.165) is 10.5 Å². The van der Waals surface area contributed by atoms with Crippen LogP contribution in [0.3, 0.4) is 0 Å². The van der Waals surface area contributed by atoms with E-state index >= 15 is 0 Å². The van der Waals surface area contributed by atoms with Crippen LogP contribution in [0.25, 0.3) is 6.08 Å². The summed E-state index contributed by atoms with van der Waals surface area (Å²) in [5.74, 6) is 0.436. The molecule has 0 fully saturated rings. The molecule has 4 rings (SSSR count). The lowest BCUT2D eigenvalue weighted by molar-refractivity contribution is -0.143. The van der Waals surface area contributed by atoms with Crippen molar-refractivity contribution in [2.24, 2.45) is 4.99 Å². The van der Waals surface area contributed by atoms with Crippen LogP contribution in [-0.4, -0.2) is 36.6 Å². The second-order valence-corrected chi connectivity index (χ2v) is 11.1. The van der Waals surface area contributed by atoms with Crippen LogP contribution in [0.4, 0.5) is 0 Å². The minimum atomic E-state index is -0.672. The standard InChI is InChI=1S/C28H29ClN2O5S2/c1-7-35-21-13-17(12-20(29)25(21)34-5)14-22-26(32)31-24(18-8-10-19(37-6)11-9-18)23(27(33)36-15(2)3)16(4)30-28(31)38-22/h8-15,24H,7H2,1-6H3/b22-14-/t24-/m0/s1. The quantitative estimate of drug-likeness (QED) is 0.280. The molecular formula is C28H29ClN2O5S2. The van der Waals surface area contributed by atoms with Crippen LogP contribution < -0.4 is 24.4 Å². The number of methoxy groups -OCH3 is 1. The first-order valence-corrected chi connectivity index (χ1v) is 14.5. The zero-order valence-corrected chi connectivity index (χ0v) is 24.4. The van der Waals surface area contributed by atoms with Gasteiger partial charge in [-0.05, 0) is 75.4 Å². The summed E-state index contributed by atoms with van der Waals surface area (Å²) in [4.78, 5) is 33.3. The molecule has 1 aliphatic rings. The summed E-state index contributed by atoms with van der Waals surface area (Å²) >= 11 is 9.31. The van der Waals surface area contributed by atoms with E-state index in [9.17, 15) is 9.59 Å². The van der Waals surface area contributed by atoms with Gasteiger partial charge >= 0.3 is 5.97 Å². The van der Waals surface area contributed by atoms with Crippen LogP contribution in [0.1, 0.15) is 44.9 Å². The first-order valence-electron chi connectivity index (χ1n) is 12.1. The number of carbonyl (C=O) groups is 1. The second-order valence-electron chi connectivity index (χ2n) is 8.78. The molecule has 0 spiro atoms. The summed E-state index contributed by atoms with van der Waals surface area (Å²) < 4.78 is 18.7. The van der Waals surface area contributed by atoms with E-state index in [1.54, 1.807) is 55.3 Å². The smallest absolute Gasteiger partial charge is 0.338 e. The van der Waals surface area contributed by atoms with Crippen molar-refractivity contribution in [3.63, 3.8) is 0 Å². The maximum Gasteiger partial charge on any atom is 0.338 e. The topological polar surface area (TPSA) is 79.1 Å². The number of fused-ring (bicyclic) bond motifs is 1. The molecule has 200 valence electrons. The van der Waals surface area contributed by atoms with Gasteiger partial charge in [-0.1, -0.05) is 35.1 Å². The molecule has 10 heteroatoms. The van der Waals surface area contributed by atoms with E-state index in [1.165, 1.54) is 18.4 Å². The molecule has 0 aliphatic carbocycles. The second kappa shape index (κ2) is 11.8. The van der Waals surface area contributed by atoms with Gasteiger partial charge in [-0.2, -0.15) is 0 Å². The number of allylic oxidation sites excluding steroid dienone is 1. The number of nitrogens with zero attached hydrogens (tertiary/aromatic N) is 2. The largest absolute Gasteiger partial charge is 0.491 e. The maximum atomic E-state index is 13.9. The number of benzene rings is 2. The van der Waals surface area contributed by atoms with E-state index in [2.05, 4.69) is 4.99 Å². The Morgan fingerprint density at radius 3 is 2.58 bits per heavy atom. The highest BCUT2D eigenvalue weighted by atomic mass is 35.5. The zero-order chi connectivity index (χ0) is 27.6. The molecule has 1 aromatic heterocycles. The van der Waals surface area contributed by atoms with Crippen LogP contribution in [0.5, 0.6) is 11.5 Å². The first-order chi connectivity index (χ1) is 18.2. The van der Waals surface area contributed by atoms with Crippen molar-refractivity contribution in [3.8, 4) is 11.5 Å². The van der Waals surface area contributed by atoms with Crippen LogP contribution in [0, 0.1) is 0 Å². The van der Waals surface area contributed by atoms with Crippen molar-refractivity contribution in [1.82, 2.24) is 4.57 Å². The highest BCUT2D eigenvalue weighted by Gasteiger charge is 2.33. The normalized spacial score (nSPS) is 15.4. The number of rotatable bonds is 8. The van der Waals surface area contributed by atoms with Gasteiger partial charge in [0.2, 0.25) is 0 Å². The Morgan fingerprint density at radius 1 is 1.26 bits per heavy atom. The summed E-state index contributed by atoms with van der Waals surface area (Å²) in [5, 5.41) is 0.374. The Morgan fingerprint density at radius 2 is 1.97 bits per heavy atom. The lowest BCUT2D eigenvalue weighted by Gasteiger charge is -2.25. The molecule has 1 atom stereocenters. The zero-order valence-electron chi connectivity index (χ0n) is 22.0. The molecule has 2 heterocycles. The van der Waals surface area contributed by atoms with Crippen molar-refractivity contribution in [1.29, 1.82) is 0 Å². The van der Waals surface area contributed by atoms with Gasteiger partial charge in [0.15, 0.2) is 16.3 Å². The van der Waals surface area contributed by atoms with Gasteiger partial charge in [-0.3, -0.25) is 9.36 Å². The van der Waals surface area contributed by atoms with Crippen molar-refractivity contribution < 1.29 is 19.0 Å². The van der Waals surface area contributed by atoms with Crippen LogP contribution >= 0.6 is 34.7 Å². The van der Waals surface area contributed by atoms with Crippen molar-refractivity contribution in [2.75, 3.05) is 20.0 Å². The summed E-state index contributed by atoms with van der Waals surface area (Å²) in [6.07, 6.45) is 3.43. The Labute approximate surface area is 234 Å². The molecule has 2 aromatic carbocycles. The summed E-state index contributed by atoms with van der Waals surface area (Å²) in [7, 11) is 1.53. The van der Waals surface area contributed by atoms with Gasteiger partial charge < -0.3 is 14.2 Å². The highest BCUT2D eigenvalue weighted by Crippen LogP contribution is 2.36. The van der Waals surface area contributed by atoms with Crippen molar-refractivity contribution >= 4 is 46.7 Å². The van der Waals surface area contributed by atoms with Crippen molar-refractivity contribution in [3.05, 3.63) is 83.5 Å². The molecule has 7 nitrogen and oxygen atoms in total. The van der Waals surface area contributed by atoms with E-state index in [0.29, 0.717) is 49.3 Å². The van der Waals surface area contributed by atoms with Crippen LogP contribution in [0.15, 0.2) is 62.4 Å². The summed E-state index contributed by atoms with van der Waals surface area (Å²) in [5.41, 5.74) is 2.08. The number of aromatic nitrogens is 1. The molecule has 0 amide bonds. The average molecular weight is 573 g/mol. The molecule has 3 aromatic rings. The van der Waals surface area contributed by atoms with Gasteiger partial charge in [0, 0.05) is 4.90 Å². The number of esters is 1. The SMILES string of the molecule is CCOc1cc(/C=c2\sc3n(c2=O)[C@@H](c2ccc(SC)cc2)C(C(=O)OC(C)C)=C(C)N=3)cc(Cl)c1OC. The Bertz CT molecular complexity index is 1570. The van der Waals surface area contributed by atoms with Crippen LogP contribution in [-0.2, 0) is 9.53 Å². The molecule has 0 radical (unpaired) electrons. The number of thioether (sulfide) groups is 1. The minimum absolute atomic E-state index is 0.264. The summed E-state index contributed by atoms with van der Waals surface area (Å²) in [6.45, 7) is 7.66. The number of hydrogen-bond acceptors (Lipinski definition) is 8. The van der Waals surface area contributed by atoms with Gasteiger partial charge in [0.25, 0.3) is 5.56 Å². The molecular weight excluding hydrogens is 544 g/mol. The monoisotopic (exact) mass is 572 g/mol. The fraction of sp³-hybridized carbons (Fsp3) is 0.321. The highest BCUT2D eigenvalue weighted by molar-refractivity contribution is 7.98. The number of ether oxygens (including phenoxy) is 3. The fourth-order valence-corrected chi connectivity index (χ4v) is 6.00. The lowest BCUT2D eigenvalue weighted by atomic mass is 9.96. The first kappa shape index (κ1) is 28.0. The molecule has 0 unspecified atom stereocenters. The third-order valence-corrected chi connectivity index (χ3v) is 7.86. The predicted molar refractivity (Wildman–Crippen MR) is 152 cm³/mol. The summed E-state index contributed by atoms with van der Waals surface area (Å²) in [6, 6.07) is 10.7. The molecule has 0 saturated carbocycles. The van der Waals surface area contributed by atoms with E-state index < -0.39 is 12.0 Å². The van der Waals surface area contributed by atoms with Gasteiger partial charge in [0.05, 0.1) is 46.7 Å². The fourth-order valence-electron chi connectivity index (χ4n) is 4.25. The lowest BCUT2D eigenvalue weighted by Crippen LogP contribution is -2.40. The Hall–Kier alpha value is -3.01. The minimum Gasteiger partial charge on any atom is -0.491 e. The van der Waals surface area contributed by atoms with Gasteiger partial charge in [0.1, 0.15) is 0 Å². The average Bonchev–Trinajstić information content (AvgIpc) is 3.17. The number of thiazole rings is 1. The number of carbonyl (C=O) groups excluding carboxylic acids is 1. The molecule has 38 heavy (non-hydrogen) atoms. The molecule has 1 aliphatic heterocycles. The predicted octanol–water partition coefficient (Wildman–Crippen LogP) is 4.97. The number of hydrogen-bond donors (Lipinski definition) is 0. The molecule has 0 N–H and O–H groups in total. The Kier molecular flexibility index (Phi) is 8.70. The van der Waals surface area contributed by atoms with Crippen molar-refractivity contribution in [2.45, 2.75) is 44.7 Å². The van der Waals surface area contributed by atoms with Gasteiger partial charge in [-0.15, -0.1) is 11.8 Å². The number of halogens is 1. The maximum absolute atomic E-state index is 13.9. The molecule has 0 bridgehead atoms. The third kappa shape index (κ3) is 5.55.